The zero-order valence-corrected chi connectivity index (χ0v) is 14.6. The predicted octanol–water partition coefficient (Wildman–Crippen LogP) is 5.52. The molecule has 0 spiro atoms. The molecule has 2 rings (SSSR count). The Labute approximate surface area is 140 Å². The van der Waals surface area contributed by atoms with Crippen molar-refractivity contribution >= 4 is 56.8 Å². The van der Waals surface area contributed by atoms with Crippen molar-refractivity contribution < 1.29 is 0 Å². The van der Waals surface area contributed by atoms with Gasteiger partial charge in [0.25, 0.3) is 0 Å². The minimum absolute atomic E-state index is 0.533. The van der Waals surface area contributed by atoms with Crippen molar-refractivity contribution in [2.75, 3.05) is 11.9 Å². The Kier molecular flexibility index (Phi) is 5.96. The molecule has 20 heavy (non-hydrogen) atoms. The summed E-state index contributed by atoms with van der Waals surface area (Å²) in [5, 5.41) is 5.07. The van der Waals surface area contributed by atoms with Crippen LogP contribution in [0.25, 0.3) is 0 Å². The zero-order chi connectivity index (χ0) is 14.5. The molecule has 0 aliphatic carbocycles. The van der Waals surface area contributed by atoms with Gasteiger partial charge in [-0.05, 0) is 40.5 Å². The first-order chi connectivity index (χ1) is 9.60. The molecule has 0 aliphatic heterocycles. The third kappa shape index (κ3) is 4.25. The van der Waals surface area contributed by atoms with Crippen LogP contribution in [0.15, 0.2) is 38.8 Å². The molecule has 0 atom stereocenters. The van der Waals surface area contributed by atoms with Crippen LogP contribution in [-0.4, -0.2) is 16.5 Å². The van der Waals surface area contributed by atoms with E-state index in [9.17, 15) is 0 Å². The maximum absolute atomic E-state index is 6.02. The van der Waals surface area contributed by atoms with Gasteiger partial charge in [0.2, 0.25) is 5.95 Å². The lowest BCUT2D eigenvalue weighted by atomic mass is 10.4. The second-order valence-corrected chi connectivity index (χ2v) is 6.68. The zero-order valence-electron chi connectivity index (χ0n) is 10.7. The molecule has 1 aromatic heterocycles. The van der Waals surface area contributed by atoms with Gasteiger partial charge in [0.05, 0.1) is 14.5 Å². The molecule has 0 unspecified atom stereocenters. The fourth-order valence-corrected chi connectivity index (χ4v) is 3.01. The summed E-state index contributed by atoms with van der Waals surface area (Å²) in [7, 11) is 0. The first-order valence-corrected chi connectivity index (χ1v) is 8.36. The number of aromatic nitrogens is 2. The van der Waals surface area contributed by atoms with Crippen LogP contribution in [0.1, 0.15) is 13.3 Å². The van der Waals surface area contributed by atoms with Crippen LogP contribution in [0.4, 0.5) is 5.95 Å². The molecule has 0 radical (unpaired) electrons. The summed E-state index contributed by atoms with van der Waals surface area (Å²) >= 11 is 16.9. The predicted molar refractivity (Wildman–Crippen MR) is 89.1 cm³/mol. The summed E-state index contributed by atoms with van der Waals surface area (Å²) < 4.78 is 0.843. The Hall–Kier alpha value is -0.490. The van der Waals surface area contributed by atoms with Crippen molar-refractivity contribution in [1.82, 2.24) is 9.97 Å². The Morgan fingerprint density at radius 2 is 2.10 bits per heavy atom. The summed E-state index contributed by atoms with van der Waals surface area (Å²) in [5.74, 6) is 0.623. The summed E-state index contributed by atoms with van der Waals surface area (Å²) in [5.41, 5.74) is 0. The van der Waals surface area contributed by atoms with Crippen LogP contribution in [-0.2, 0) is 0 Å². The van der Waals surface area contributed by atoms with E-state index in [0.29, 0.717) is 16.0 Å². The molecule has 106 valence electrons. The van der Waals surface area contributed by atoms with E-state index >= 15 is 0 Å². The number of rotatable bonds is 5. The number of hydrogen-bond donors (Lipinski definition) is 1. The van der Waals surface area contributed by atoms with E-state index < -0.39 is 0 Å². The molecular formula is C13H12BrCl2N3S. The molecule has 2 aromatic rings. The normalized spacial score (nSPS) is 10.6. The van der Waals surface area contributed by atoms with Crippen molar-refractivity contribution in [3.8, 4) is 0 Å². The second kappa shape index (κ2) is 7.50. The third-order valence-electron chi connectivity index (χ3n) is 2.35. The number of hydrogen-bond acceptors (Lipinski definition) is 4. The van der Waals surface area contributed by atoms with Crippen molar-refractivity contribution in [2.45, 2.75) is 23.3 Å². The molecule has 0 amide bonds. The van der Waals surface area contributed by atoms with E-state index in [1.54, 1.807) is 12.3 Å². The maximum atomic E-state index is 6.02. The monoisotopic (exact) mass is 391 g/mol. The number of benzene rings is 1. The van der Waals surface area contributed by atoms with Crippen LogP contribution in [0.5, 0.6) is 0 Å². The smallest absolute Gasteiger partial charge is 0.223 e. The van der Waals surface area contributed by atoms with Gasteiger partial charge in [0.15, 0.2) is 0 Å². The van der Waals surface area contributed by atoms with Crippen LogP contribution < -0.4 is 5.32 Å². The van der Waals surface area contributed by atoms with Gasteiger partial charge in [0, 0.05) is 17.6 Å². The van der Waals surface area contributed by atoms with E-state index in [-0.39, 0.29) is 0 Å². The van der Waals surface area contributed by atoms with Crippen LogP contribution in [0.3, 0.4) is 0 Å². The van der Waals surface area contributed by atoms with Crippen molar-refractivity contribution in [3.05, 3.63) is 38.9 Å². The third-order valence-corrected chi connectivity index (χ3v) is 4.93. The number of nitrogens with zero attached hydrogens (tertiary/aromatic N) is 2. The SMILES string of the molecule is CCCNc1ncc(Br)c(Sc2ccc(Cl)c(Cl)c2)n1. The van der Waals surface area contributed by atoms with Gasteiger partial charge >= 0.3 is 0 Å². The highest BCUT2D eigenvalue weighted by atomic mass is 79.9. The molecule has 1 aromatic carbocycles. The number of halogens is 3. The quantitative estimate of drug-likeness (QED) is 0.679. The van der Waals surface area contributed by atoms with E-state index in [0.717, 1.165) is 27.4 Å². The van der Waals surface area contributed by atoms with Gasteiger partial charge in [-0.1, -0.05) is 41.9 Å². The van der Waals surface area contributed by atoms with Gasteiger partial charge in [-0.25, -0.2) is 9.97 Å². The molecule has 1 heterocycles. The first-order valence-electron chi connectivity index (χ1n) is 5.99. The van der Waals surface area contributed by atoms with Crippen molar-refractivity contribution in [2.24, 2.45) is 0 Å². The molecule has 1 N–H and O–H groups in total. The standard InChI is InChI=1S/C13H12BrCl2N3S/c1-2-5-17-13-18-7-9(14)12(19-13)20-8-3-4-10(15)11(16)6-8/h3-4,6-7H,2,5H2,1H3,(H,17,18,19). The van der Waals surface area contributed by atoms with Gasteiger partial charge in [0.1, 0.15) is 5.03 Å². The average molecular weight is 393 g/mol. The van der Waals surface area contributed by atoms with E-state index in [1.165, 1.54) is 11.8 Å². The van der Waals surface area contributed by atoms with Crippen LogP contribution in [0, 0.1) is 0 Å². The van der Waals surface area contributed by atoms with E-state index in [2.05, 4.69) is 38.1 Å². The number of nitrogens with one attached hydrogen (secondary N) is 1. The van der Waals surface area contributed by atoms with Crippen LogP contribution >= 0.6 is 50.9 Å². The van der Waals surface area contributed by atoms with Crippen LogP contribution in [0.2, 0.25) is 10.0 Å². The summed E-state index contributed by atoms with van der Waals surface area (Å²) in [4.78, 5) is 9.67. The average Bonchev–Trinajstić information content (AvgIpc) is 2.44. The number of anilines is 1. The molecule has 0 aliphatic rings. The minimum Gasteiger partial charge on any atom is -0.354 e. The summed E-state index contributed by atoms with van der Waals surface area (Å²) in [6, 6.07) is 5.51. The summed E-state index contributed by atoms with van der Waals surface area (Å²) in [6.45, 7) is 2.94. The van der Waals surface area contributed by atoms with E-state index in [4.69, 9.17) is 23.2 Å². The fraction of sp³-hybridized carbons (Fsp3) is 0.231. The van der Waals surface area contributed by atoms with Gasteiger partial charge in [-0.15, -0.1) is 0 Å². The van der Waals surface area contributed by atoms with Crippen molar-refractivity contribution in [1.29, 1.82) is 0 Å². The minimum atomic E-state index is 0.533. The highest BCUT2D eigenvalue weighted by molar-refractivity contribution is 9.10. The highest BCUT2D eigenvalue weighted by Crippen LogP contribution is 2.35. The lowest BCUT2D eigenvalue weighted by Crippen LogP contribution is -2.04. The molecule has 0 saturated heterocycles. The fourth-order valence-electron chi connectivity index (χ4n) is 1.40. The van der Waals surface area contributed by atoms with E-state index in [1.807, 2.05) is 12.1 Å². The maximum Gasteiger partial charge on any atom is 0.223 e. The largest absolute Gasteiger partial charge is 0.354 e. The molecule has 0 fully saturated rings. The highest BCUT2D eigenvalue weighted by Gasteiger charge is 2.08. The topological polar surface area (TPSA) is 37.8 Å². The Balaban J connectivity index is 2.20. The molecule has 3 nitrogen and oxygen atoms in total. The lowest BCUT2D eigenvalue weighted by Gasteiger charge is -2.07. The molecule has 0 bridgehead atoms. The molecule has 7 heteroatoms. The van der Waals surface area contributed by atoms with Crippen molar-refractivity contribution in [3.63, 3.8) is 0 Å². The molecule has 0 saturated carbocycles. The van der Waals surface area contributed by atoms with Gasteiger partial charge < -0.3 is 5.32 Å². The summed E-state index contributed by atoms with van der Waals surface area (Å²) in [6.07, 6.45) is 2.76. The Morgan fingerprint density at radius 3 is 2.80 bits per heavy atom. The lowest BCUT2D eigenvalue weighted by molar-refractivity contribution is 0.930. The Morgan fingerprint density at radius 1 is 1.30 bits per heavy atom. The van der Waals surface area contributed by atoms with Gasteiger partial charge in [-0.2, -0.15) is 0 Å². The van der Waals surface area contributed by atoms with Gasteiger partial charge in [-0.3, -0.25) is 0 Å². The Bertz CT molecular complexity index is 610. The molecular weight excluding hydrogens is 381 g/mol. The first kappa shape index (κ1) is 15.9. The second-order valence-electron chi connectivity index (χ2n) is 3.95.